The minimum absolute atomic E-state index is 0.0718. The lowest BCUT2D eigenvalue weighted by molar-refractivity contribution is 0.0105. The predicted octanol–water partition coefficient (Wildman–Crippen LogP) is 2.78. The molecule has 122 valence electrons. The van der Waals surface area contributed by atoms with Gasteiger partial charge in [-0.15, -0.1) is 11.6 Å². The van der Waals surface area contributed by atoms with Gasteiger partial charge >= 0.3 is 11.6 Å². The van der Waals surface area contributed by atoms with Crippen LogP contribution < -0.4 is 5.63 Å². The molecule has 1 unspecified atom stereocenters. The van der Waals surface area contributed by atoms with E-state index >= 15 is 0 Å². The number of nitrogens with zero attached hydrogens (tertiary/aromatic N) is 1. The molecule has 0 N–H and O–H groups in total. The van der Waals surface area contributed by atoms with Crippen LogP contribution >= 0.6 is 11.6 Å². The Morgan fingerprint density at radius 1 is 1.43 bits per heavy atom. The number of carbonyl (C=O) groups excluding carboxylic acids is 1. The Morgan fingerprint density at radius 3 is 3.00 bits per heavy atom. The molecule has 0 spiro atoms. The van der Waals surface area contributed by atoms with Crippen molar-refractivity contribution in [3.8, 4) is 0 Å². The van der Waals surface area contributed by atoms with E-state index in [1.54, 1.807) is 18.2 Å². The maximum atomic E-state index is 12.3. The molecule has 0 aliphatic carbocycles. The van der Waals surface area contributed by atoms with Crippen molar-refractivity contribution in [3.05, 3.63) is 45.8 Å². The van der Waals surface area contributed by atoms with Crippen LogP contribution in [0.4, 0.5) is 0 Å². The van der Waals surface area contributed by atoms with Crippen LogP contribution in [-0.2, 0) is 10.6 Å². The van der Waals surface area contributed by atoms with E-state index in [0.717, 1.165) is 24.9 Å². The molecule has 2 aromatic rings. The maximum absolute atomic E-state index is 12.3. The molecule has 1 fully saturated rings. The van der Waals surface area contributed by atoms with E-state index in [-0.39, 0.29) is 11.7 Å². The Bertz CT molecular complexity index is 786. The van der Waals surface area contributed by atoms with Crippen LogP contribution in [-0.4, -0.2) is 37.1 Å². The van der Waals surface area contributed by atoms with Crippen LogP contribution in [0.2, 0.25) is 0 Å². The largest absolute Gasteiger partial charge is 0.457 e. The minimum Gasteiger partial charge on any atom is -0.457 e. The van der Waals surface area contributed by atoms with Crippen molar-refractivity contribution in [2.24, 2.45) is 0 Å². The lowest BCUT2D eigenvalue weighted by Gasteiger charge is -2.29. The van der Waals surface area contributed by atoms with Gasteiger partial charge in [0.1, 0.15) is 17.3 Å². The number of benzene rings is 1. The number of likely N-dealkylation sites (tertiary alicyclic amines) is 1. The highest BCUT2D eigenvalue weighted by Gasteiger charge is 2.23. The highest BCUT2D eigenvalue weighted by molar-refractivity contribution is 6.17. The second-order valence-corrected chi connectivity index (χ2v) is 6.15. The summed E-state index contributed by atoms with van der Waals surface area (Å²) in [6, 6.07) is 6.79. The zero-order valence-corrected chi connectivity index (χ0v) is 13.6. The highest BCUT2D eigenvalue weighted by Crippen LogP contribution is 2.18. The van der Waals surface area contributed by atoms with Gasteiger partial charge in [-0.25, -0.2) is 9.59 Å². The summed E-state index contributed by atoms with van der Waals surface area (Å²) < 4.78 is 10.7. The molecule has 1 aliphatic rings. The number of fused-ring (bicyclic) bond motifs is 1. The monoisotopic (exact) mass is 335 g/mol. The number of alkyl halides is 1. The Balaban J connectivity index is 1.87. The molecule has 1 aromatic carbocycles. The molecule has 1 atom stereocenters. The minimum atomic E-state index is -0.676. The molecule has 23 heavy (non-hydrogen) atoms. The third-order valence-corrected chi connectivity index (χ3v) is 4.33. The van der Waals surface area contributed by atoms with E-state index in [2.05, 4.69) is 4.90 Å². The van der Waals surface area contributed by atoms with Crippen molar-refractivity contribution in [2.45, 2.75) is 24.8 Å². The van der Waals surface area contributed by atoms with Crippen molar-refractivity contribution < 1.29 is 13.9 Å². The Labute approximate surface area is 138 Å². The summed E-state index contributed by atoms with van der Waals surface area (Å²) in [5.74, 6) is -0.277. The molecule has 3 rings (SSSR count). The van der Waals surface area contributed by atoms with Gasteiger partial charge in [-0.05, 0) is 50.2 Å². The van der Waals surface area contributed by atoms with E-state index < -0.39 is 11.6 Å². The fourth-order valence-electron chi connectivity index (χ4n) is 2.83. The van der Waals surface area contributed by atoms with Gasteiger partial charge in [0.2, 0.25) is 0 Å². The molecular weight excluding hydrogens is 318 g/mol. The number of rotatable bonds is 3. The number of likely N-dealkylation sites (N-methyl/N-ethyl adjacent to an activating group) is 1. The summed E-state index contributed by atoms with van der Waals surface area (Å²) in [5, 5.41) is 0.662. The molecule has 6 heteroatoms. The predicted molar refractivity (Wildman–Crippen MR) is 88.0 cm³/mol. The third-order valence-electron chi connectivity index (χ3n) is 4.03. The molecule has 0 saturated carbocycles. The van der Waals surface area contributed by atoms with Crippen LogP contribution in [0.5, 0.6) is 0 Å². The van der Waals surface area contributed by atoms with Gasteiger partial charge in [-0.1, -0.05) is 6.07 Å². The molecule has 2 heterocycles. The van der Waals surface area contributed by atoms with Gasteiger partial charge in [-0.2, -0.15) is 0 Å². The van der Waals surface area contributed by atoms with E-state index in [0.29, 0.717) is 23.4 Å². The molecular formula is C17H18ClNO4. The normalized spacial score (nSPS) is 19.0. The quantitative estimate of drug-likeness (QED) is 0.490. The van der Waals surface area contributed by atoms with E-state index in [9.17, 15) is 9.59 Å². The highest BCUT2D eigenvalue weighted by atomic mass is 35.5. The maximum Gasteiger partial charge on any atom is 0.351 e. The van der Waals surface area contributed by atoms with Crippen molar-refractivity contribution in [1.82, 2.24) is 4.90 Å². The second kappa shape index (κ2) is 6.72. The average Bonchev–Trinajstić information content (AvgIpc) is 2.53. The first kappa shape index (κ1) is 16.0. The van der Waals surface area contributed by atoms with Crippen LogP contribution in [0, 0.1) is 0 Å². The standard InChI is InChI=1S/C17H18ClNO4/c1-19-6-2-3-13(10-19)22-16(20)14-8-12-7-11(9-18)4-5-15(12)23-17(14)21/h4-5,7-8,13H,2-3,6,9-10H2,1H3. The molecule has 0 amide bonds. The first-order valence-electron chi connectivity index (χ1n) is 7.59. The van der Waals surface area contributed by atoms with Crippen LogP contribution in [0.15, 0.2) is 33.5 Å². The van der Waals surface area contributed by atoms with Gasteiger partial charge in [0.05, 0.1) is 0 Å². The number of ether oxygens (including phenoxy) is 1. The SMILES string of the molecule is CN1CCCC(OC(=O)c2cc3cc(CCl)ccc3oc2=O)C1. The summed E-state index contributed by atoms with van der Waals surface area (Å²) in [6.45, 7) is 1.68. The zero-order valence-electron chi connectivity index (χ0n) is 12.9. The zero-order chi connectivity index (χ0) is 16.4. The van der Waals surface area contributed by atoms with E-state index in [1.807, 2.05) is 7.05 Å². The average molecular weight is 336 g/mol. The first-order valence-corrected chi connectivity index (χ1v) is 8.12. The van der Waals surface area contributed by atoms with Gasteiger partial charge in [0, 0.05) is 17.8 Å². The number of hydrogen-bond acceptors (Lipinski definition) is 5. The smallest absolute Gasteiger partial charge is 0.351 e. The van der Waals surface area contributed by atoms with Gasteiger partial charge in [0.25, 0.3) is 0 Å². The van der Waals surface area contributed by atoms with Crippen LogP contribution in [0.25, 0.3) is 11.0 Å². The molecule has 0 bridgehead atoms. The third kappa shape index (κ3) is 3.57. The Morgan fingerprint density at radius 2 is 2.26 bits per heavy atom. The van der Waals surface area contributed by atoms with E-state index in [4.69, 9.17) is 20.8 Å². The fourth-order valence-corrected chi connectivity index (χ4v) is 2.99. The molecule has 5 nitrogen and oxygen atoms in total. The molecule has 1 aliphatic heterocycles. The summed E-state index contributed by atoms with van der Waals surface area (Å²) in [7, 11) is 1.98. The topological polar surface area (TPSA) is 59.8 Å². The van der Waals surface area contributed by atoms with Gasteiger partial charge in [0.15, 0.2) is 0 Å². The summed E-state index contributed by atoms with van der Waals surface area (Å²) in [6.07, 6.45) is 1.59. The van der Waals surface area contributed by atoms with Crippen LogP contribution in [0.3, 0.4) is 0 Å². The Hall–Kier alpha value is -1.85. The molecule has 0 radical (unpaired) electrons. The summed E-state index contributed by atoms with van der Waals surface area (Å²) in [5.41, 5.74) is 0.571. The number of esters is 1. The Kier molecular flexibility index (Phi) is 4.68. The molecule has 1 aromatic heterocycles. The fraction of sp³-hybridized carbons (Fsp3) is 0.412. The van der Waals surface area contributed by atoms with E-state index in [1.165, 1.54) is 6.07 Å². The lowest BCUT2D eigenvalue weighted by Crippen LogP contribution is -2.38. The lowest BCUT2D eigenvalue weighted by atomic mass is 10.1. The first-order chi connectivity index (χ1) is 11.1. The van der Waals surface area contributed by atoms with Crippen molar-refractivity contribution in [3.63, 3.8) is 0 Å². The van der Waals surface area contributed by atoms with Crippen LogP contribution in [0.1, 0.15) is 28.8 Å². The van der Waals surface area contributed by atoms with Crippen molar-refractivity contribution in [1.29, 1.82) is 0 Å². The van der Waals surface area contributed by atoms with Gasteiger partial charge in [-0.3, -0.25) is 0 Å². The summed E-state index contributed by atoms with van der Waals surface area (Å²) in [4.78, 5) is 26.5. The molecule has 1 saturated heterocycles. The van der Waals surface area contributed by atoms with Crippen molar-refractivity contribution in [2.75, 3.05) is 20.1 Å². The van der Waals surface area contributed by atoms with Crippen molar-refractivity contribution >= 4 is 28.5 Å². The number of halogens is 1. The number of carbonyl (C=O) groups is 1. The summed E-state index contributed by atoms with van der Waals surface area (Å²) >= 11 is 5.81. The number of piperidine rings is 1. The second-order valence-electron chi connectivity index (χ2n) is 5.89. The van der Waals surface area contributed by atoms with Gasteiger partial charge < -0.3 is 14.1 Å². The number of hydrogen-bond donors (Lipinski definition) is 0.